The Morgan fingerprint density at radius 1 is 1.17 bits per heavy atom. The molecule has 0 aliphatic rings. The number of hydrogen-bond acceptors (Lipinski definition) is 3. The molecule has 0 bridgehead atoms. The zero-order valence-corrected chi connectivity index (χ0v) is 11.0. The minimum Gasteiger partial charge on any atom is -0.299 e. The summed E-state index contributed by atoms with van der Waals surface area (Å²) >= 11 is 0. The number of carbonyl (C=O) groups is 1. The van der Waals surface area contributed by atoms with Crippen molar-refractivity contribution in [2.45, 2.75) is 26.7 Å². The van der Waals surface area contributed by atoms with Crippen molar-refractivity contribution in [2.24, 2.45) is 7.05 Å². The van der Waals surface area contributed by atoms with Gasteiger partial charge in [-0.3, -0.25) is 9.48 Å². The van der Waals surface area contributed by atoms with Crippen molar-refractivity contribution in [1.29, 1.82) is 0 Å². The largest absolute Gasteiger partial charge is 0.299 e. The molecule has 0 amide bonds. The summed E-state index contributed by atoms with van der Waals surface area (Å²) in [5.74, 6) is 0.875. The highest BCUT2D eigenvalue weighted by molar-refractivity contribution is 5.82. The van der Waals surface area contributed by atoms with E-state index in [0.29, 0.717) is 18.7 Å². The van der Waals surface area contributed by atoms with Crippen LogP contribution in [0.15, 0.2) is 24.5 Å². The molecule has 0 saturated heterocycles. The fourth-order valence-electron chi connectivity index (χ4n) is 2.12. The van der Waals surface area contributed by atoms with Crippen LogP contribution in [0.4, 0.5) is 0 Å². The van der Waals surface area contributed by atoms with Gasteiger partial charge in [0.05, 0.1) is 6.42 Å². The maximum absolute atomic E-state index is 12.0. The number of rotatable bonds is 4. The molecule has 18 heavy (non-hydrogen) atoms. The van der Waals surface area contributed by atoms with Gasteiger partial charge in [0.25, 0.3) is 0 Å². The van der Waals surface area contributed by atoms with E-state index < -0.39 is 0 Å². The van der Waals surface area contributed by atoms with Crippen LogP contribution in [-0.2, 0) is 24.7 Å². The molecule has 1 aromatic carbocycles. The van der Waals surface area contributed by atoms with E-state index in [1.165, 1.54) is 17.5 Å². The Kier molecular flexibility index (Phi) is 3.55. The normalized spacial score (nSPS) is 10.6. The smallest absolute Gasteiger partial charge is 0.144 e. The highest BCUT2D eigenvalue weighted by atomic mass is 16.1. The number of aryl methyl sites for hydroxylation is 3. The van der Waals surface area contributed by atoms with Crippen molar-refractivity contribution < 1.29 is 4.79 Å². The third-order valence-electron chi connectivity index (χ3n) is 2.84. The fraction of sp³-hybridized carbons (Fsp3) is 0.357. The first-order valence-electron chi connectivity index (χ1n) is 5.96. The molecular formula is C14H17N3O. The monoisotopic (exact) mass is 243 g/mol. The maximum Gasteiger partial charge on any atom is 0.144 e. The zero-order valence-electron chi connectivity index (χ0n) is 11.0. The van der Waals surface area contributed by atoms with Crippen LogP contribution < -0.4 is 0 Å². The van der Waals surface area contributed by atoms with Crippen LogP contribution in [0.2, 0.25) is 0 Å². The predicted octanol–water partition coefficient (Wildman–Crippen LogP) is 1.79. The number of nitrogens with zero attached hydrogens (tertiary/aromatic N) is 3. The molecule has 0 atom stereocenters. The summed E-state index contributed by atoms with van der Waals surface area (Å²) in [7, 11) is 1.80. The number of benzene rings is 1. The third kappa shape index (κ3) is 3.03. The Morgan fingerprint density at radius 3 is 2.39 bits per heavy atom. The molecule has 4 nitrogen and oxygen atoms in total. The summed E-state index contributed by atoms with van der Waals surface area (Å²) in [5.41, 5.74) is 3.45. The number of aromatic nitrogens is 3. The highest BCUT2D eigenvalue weighted by Crippen LogP contribution is 2.10. The van der Waals surface area contributed by atoms with Crippen LogP contribution in [0.3, 0.4) is 0 Å². The van der Waals surface area contributed by atoms with Crippen molar-refractivity contribution >= 4 is 5.78 Å². The fourth-order valence-corrected chi connectivity index (χ4v) is 2.12. The van der Waals surface area contributed by atoms with Gasteiger partial charge < -0.3 is 0 Å². The minimum atomic E-state index is 0.163. The zero-order chi connectivity index (χ0) is 13.1. The molecule has 0 radical (unpaired) electrons. The first-order valence-corrected chi connectivity index (χ1v) is 5.96. The molecule has 0 saturated carbocycles. The summed E-state index contributed by atoms with van der Waals surface area (Å²) in [6, 6.07) is 6.22. The van der Waals surface area contributed by atoms with Crippen LogP contribution in [0.25, 0.3) is 0 Å². The highest BCUT2D eigenvalue weighted by Gasteiger charge is 2.09. The van der Waals surface area contributed by atoms with Crippen LogP contribution in [-0.4, -0.2) is 20.5 Å². The average Bonchev–Trinajstić information content (AvgIpc) is 2.62. The quantitative estimate of drug-likeness (QED) is 0.822. The molecule has 94 valence electrons. The predicted molar refractivity (Wildman–Crippen MR) is 69.3 cm³/mol. The van der Waals surface area contributed by atoms with E-state index in [2.05, 4.69) is 28.3 Å². The van der Waals surface area contributed by atoms with E-state index in [1.54, 1.807) is 11.7 Å². The second-order valence-corrected chi connectivity index (χ2v) is 4.69. The van der Waals surface area contributed by atoms with E-state index in [-0.39, 0.29) is 5.78 Å². The number of carbonyl (C=O) groups excluding carboxylic acids is 1. The van der Waals surface area contributed by atoms with Gasteiger partial charge in [0.1, 0.15) is 17.9 Å². The van der Waals surface area contributed by atoms with E-state index >= 15 is 0 Å². The van der Waals surface area contributed by atoms with Crippen molar-refractivity contribution in [1.82, 2.24) is 14.8 Å². The standard InChI is InChI=1S/C14H17N3O/c1-10-4-11(2)6-12(5-10)7-13(18)8-14-15-9-16-17(14)3/h4-6,9H,7-8H2,1-3H3. The first-order chi connectivity index (χ1) is 8.54. The molecule has 0 N–H and O–H groups in total. The van der Waals surface area contributed by atoms with Crippen LogP contribution >= 0.6 is 0 Å². The van der Waals surface area contributed by atoms with Gasteiger partial charge in [0, 0.05) is 13.5 Å². The van der Waals surface area contributed by atoms with Crippen LogP contribution in [0, 0.1) is 13.8 Å². The second-order valence-electron chi connectivity index (χ2n) is 4.69. The molecule has 2 aromatic rings. The molecule has 1 heterocycles. The molecule has 0 unspecified atom stereocenters. The topological polar surface area (TPSA) is 47.8 Å². The van der Waals surface area contributed by atoms with E-state index in [0.717, 1.165) is 5.56 Å². The molecule has 1 aromatic heterocycles. The van der Waals surface area contributed by atoms with Gasteiger partial charge in [0.15, 0.2) is 0 Å². The summed E-state index contributed by atoms with van der Waals surface area (Å²) in [6.07, 6.45) is 2.26. The van der Waals surface area contributed by atoms with Gasteiger partial charge in [-0.05, 0) is 19.4 Å². The van der Waals surface area contributed by atoms with Crippen LogP contribution in [0.5, 0.6) is 0 Å². The lowest BCUT2D eigenvalue weighted by atomic mass is 10.0. The van der Waals surface area contributed by atoms with Crippen LogP contribution in [0.1, 0.15) is 22.5 Å². The Hall–Kier alpha value is -1.97. The molecular weight excluding hydrogens is 226 g/mol. The molecule has 2 rings (SSSR count). The van der Waals surface area contributed by atoms with Gasteiger partial charge >= 0.3 is 0 Å². The minimum absolute atomic E-state index is 0.163. The summed E-state index contributed by atoms with van der Waals surface area (Å²) in [5, 5.41) is 3.96. The van der Waals surface area contributed by atoms with E-state index in [9.17, 15) is 4.79 Å². The third-order valence-corrected chi connectivity index (χ3v) is 2.84. The molecule has 0 spiro atoms. The summed E-state index contributed by atoms with van der Waals surface area (Å²) < 4.78 is 1.64. The molecule has 0 fully saturated rings. The van der Waals surface area contributed by atoms with Crippen molar-refractivity contribution in [3.8, 4) is 0 Å². The molecule has 0 aliphatic heterocycles. The SMILES string of the molecule is Cc1cc(C)cc(CC(=O)Cc2ncnn2C)c1. The molecule has 4 heteroatoms. The van der Waals surface area contributed by atoms with Crippen molar-refractivity contribution in [3.63, 3.8) is 0 Å². The average molecular weight is 243 g/mol. The Bertz CT molecular complexity index is 552. The lowest BCUT2D eigenvalue weighted by Crippen LogP contribution is -2.11. The maximum atomic E-state index is 12.0. The van der Waals surface area contributed by atoms with Gasteiger partial charge in [-0.15, -0.1) is 0 Å². The van der Waals surface area contributed by atoms with E-state index in [1.807, 2.05) is 13.8 Å². The summed E-state index contributed by atoms with van der Waals surface area (Å²) in [6.45, 7) is 4.09. The number of ketones is 1. The lowest BCUT2D eigenvalue weighted by molar-refractivity contribution is -0.117. The van der Waals surface area contributed by atoms with Gasteiger partial charge in [-0.25, -0.2) is 4.98 Å². The Morgan fingerprint density at radius 2 is 1.83 bits per heavy atom. The molecule has 0 aliphatic carbocycles. The lowest BCUT2D eigenvalue weighted by Gasteiger charge is -2.04. The first kappa shape index (κ1) is 12.5. The summed E-state index contributed by atoms with van der Waals surface area (Å²) in [4.78, 5) is 16.0. The Balaban J connectivity index is 2.05. The van der Waals surface area contributed by atoms with Crippen molar-refractivity contribution in [3.05, 3.63) is 47.0 Å². The van der Waals surface area contributed by atoms with Gasteiger partial charge in [-0.2, -0.15) is 5.10 Å². The van der Waals surface area contributed by atoms with E-state index in [4.69, 9.17) is 0 Å². The van der Waals surface area contributed by atoms with Gasteiger partial charge in [-0.1, -0.05) is 29.3 Å². The Labute approximate surface area is 107 Å². The van der Waals surface area contributed by atoms with Gasteiger partial charge in [0.2, 0.25) is 0 Å². The second kappa shape index (κ2) is 5.12. The number of Topliss-reactive ketones (excluding diaryl/α,β-unsaturated/α-hetero) is 1. The van der Waals surface area contributed by atoms with Crippen molar-refractivity contribution in [2.75, 3.05) is 0 Å². The number of hydrogen-bond donors (Lipinski definition) is 0.